The third-order valence-corrected chi connectivity index (χ3v) is 2.64. The van der Waals surface area contributed by atoms with Crippen molar-refractivity contribution in [1.82, 2.24) is 10.6 Å². The molecule has 1 fully saturated rings. The maximum atomic E-state index is 5.87. The van der Waals surface area contributed by atoms with E-state index in [1.807, 2.05) is 0 Å². The Morgan fingerprint density at radius 2 is 2.00 bits per heavy atom. The number of nitrogens with one attached hydrogen (secondary N) is 2. The molecule has 0 spiro atoms. The van der Waals surface area contributed by atoms with E-state index in [1.54, 1.807) is 0 Å². The van der Waals surface area contributed by atoms with E-state index in [0.717, 1.165) is 31.6 Å². The molecule has 1 heterocycles. The lowest BCUT2D eigenvalue weighted by Crippen LogP contribution is -2.57. The van der Waals surface area contributed by atoms with Gasteiger partial charge in [-0.05, 0) is 39.8 Å². The summed E-state index contributed by atoms with van der Waals surface area (Å²) in [4.78, 5) is 0. The van der Waals surface area contributed by atoms with E-state index >= 15 is 0 Å². The van der Waals surface area contributed by atoms with Gasteiger partial charge in [0.1, 0.15) is 0 Å². The van der Waals surface area contributed by atoms with Crippen LogP contribution in [0.25, 0.3) is 0 Å². The number of hydrogen-bond acceptors (Lipinski definition) is 3. The first-order valence-corrected chi connectivity index (χ1v) is 5.00. The van der Waals surface area contributed by atoms with Crippen LogP contribution in [0.2, 0.25) is 0 Å². The number of nitrogens with two attached hydrogens (primary N) is 1. The van der Waals surface area contributed by atoms with E-state index in [9.17, 15) is 0 Å². The van der Waals surface area contributed by atoms with Gasteiger partial charge in [-0.2, -0.15) is 0 Å². The first-order valence-electron chi connectivity index (χ1n) is 5.00. The van der Waals surface area contributed by atoms with Crippen molar-refractivity contribution in [3.63, 3.8) is 0 Å². The molecule has 76 valence electrons. The molecule has 0 unspecified atom stereocenters. The van der Waals surface area contributed by atoms with Crippen molar-refractivity contribution in [2.75, 3.05) is 13.1 Å². The number of rotatable bonds is 3. The molecule has 0 amide bonds. The fourth-order valence-electron chi connectivity index (χ4n) is 1.96. The fraction of sp³-hybridized carbons (Fsp3) is 0.800. The molecule has 13 heavy (non-hydrogen) atoms. The predicted molar refractivity (Wildman–Crippen MR) is 56.4 cm³/mol. The van der Waals surface area contributed by atoms with Crippen molar-refractivity contribution in [3.8, 4) is 0 Å². The van der Waals surface area contributed by atoms with E-state index in [-0.39, 0.29) is 5.54 Å². The highest BCUT2D eigenvalue weighted by Gasteiger charge is 2.33. The Hall–Kier alpha value is -0.540. The van der Waals surface area contributed by atoms with Crippen LogP contribution in [0, 0.1) is 0 Å². The van der Waals surface area contributed by atoms with Crippen molar-refractivity contribution in [3.05, 3.63) is 12.3 Å². The van der Waals surface area contributed by atoms with Crippen LogP contribution in [-0.4, -0.2) is 24.7 Å². The van der Waals surface area contributed by atoms with Gasteiger partial charge in [0.05, 0.1) is 5.54 Å². The molecule has 0 atom stereocenters. The molecule has 3 nitrogen and oxygen atoms in total. The molecule has 0 saturated carbocycles. The van der Waals surface area contributed by atoms with Crippen LogP contribution in [0.4, 0.5) is 0 Å². The van der Waals surface area contributed by atoms with Gasteiger partial charge in [0.15, 0.2) is 0 Å². The van der Waals surface area contributed by atoms with Gasteiger partial charge in [0, 0.05) is 11.7 Å². The first kappa shape index (κ1) is 10.5. The third kappa shape index (κ3) is 2.45. The van der Waals surface area contributed by atoms with E-state index in [0.29, 0.717) is 6.04 Å². The summed E-state index contributed by atoms with van der Waals surface area (Å²) in [6.45, 7) is 10.2. The molecule has 0 radical (unpaired) electrons. The Balaban J connectivity index is 2.67. The van der Waals surface area contributed by atoms with Gasteiger partial charge in [0.2, 0.25) is 0 Å². The molecule has 3 heteroatoms. The van der Waals surface area contributed by atoms with E-state index < -0.39 is 0 Å². The fourth-order valence-corrected chi connectivity index (χ4v) is 1.96. The zero-order chi connectivity index (χ0) is 9.90. The topological polar surface area (TPSA) is 50.1 Å². The van der Waals surface area contributed by atoms with Gasteiger partial charge in [-0.1, -0.05) is 6.58 Å². The smallest absolute Gasteiger partial charge is 0.0601 e. The Labute approximate surface area is 80.8 Å². The minimum atomic E-state index is -0.0284. The Morgan fingerprint density at radius 3 is 2.38 bits per heavy atom. The van der Waals surface area contributed by atoms with Gasteiger partial charge < -0.3 is 16.4 Å². The molecule has 0 aromatic heterocycles. The van der Waals surface area contributed by atoms with Gasteiger partial charge >= 0.3 is 0 Å². The van der Waals surface area contributed by atoms with Crippen LogP contribution < -0.4 is 16.4 Å². The quantitative estimate of drug-likeness (QED) is 0.600. The average Bonchev–Trinajstić information content (AvgIpc) is 2.04. The summed E-state index contributed by atoms with van der Waals surface area (Å²) in [7, 11) is 0. The molecular weight excluding hydrogens is 162 g/mol. The second-order valence-electron chi connectivity index (χ2n) is 4.16. The van der Waals surface area contributed by atoms with Crippen molar-refractivity contribution in [2.45, 2.75) is 38.3 Å². The summed E-state index contributed by atoms with van der Waals surface area (Å²) in [6, 6.07) is 0.457. The summed E-state index contributed by atoms with van der Waals surface area (Å²) >= 11 is 0. The Morgan fingerprint density at radius 1 is 1.46 bits per heavy atom. The summed E-state index contributed by atoms with van der Waals surface area (Å²) in [6.07, 6.45) is 2.08. The predicted octanol–water partition coefficient (Wildman–Crippen LogP) is 0.579. The molecule has 1 aliphatic rings. The summed E-state index contributed by atoms with van der Waals surface area (Å²) < 4.78 is 0. The highest BCUT2D eigenvalue weighted by Crippen LogP contribution is 2.23. The van der Waals surface area contributed by atoms with Gasteiger partial charge in [-0.25, -0.2) is 0 Å². The van der Waals surface area contributed by atoms with Crippen LogP contribution >= 0.6 is 0 Å². The van der Waals surface area contributed by atoms with Crippen LogP contribution in [-0.2, 0) is 0 Å². The maximum Gasteiger partial charge on any atom is 0.0601 e. The minimum absolute atomic E-state index is 0.0284. The zero-order valence-corrected chi connectivity index (χ0v) is 8.69. The zero-order valence-electron chi connectivity index (χ0n) is 8.69. The van der Waals surface area contributed by atoms with Gasteiger partial charge in [-0.3, -0.25) is 0 Å². The minimum Gasteiger partial charge on any atom is -0.401 e. The Bertz CT molecular complexity index is 181. The molecule has 1 aliphatic heterocycles. The van der Waals surface area contributed by atoms with E-state index in [4.69, 9.17) is 5.73 Å². The average molecular weight is 183 g/mol. The summed E-state index contributed by atoms with van der Waals surface area (Å²) in [5, 5.41) is 6.86. The lowest BCUT2D eigenvalue weighted by atomic mass is 9.85. The molecule has 0 bridgehead atoms. The molecule has 1 rings (SSSR count). The molecule has 1 saturated heterocycles. The highest BCUT2D eigenvalue weighted by molar-refractivity contribution is 5.15. The molecule has 4 N–H and O–H groups in total. The van der Waals surface area contributed by atoms with Crippen molar-refractivity contribution in [1.29, 1.82) is 0 Å². The molecule has 0 aliphatic carbocycles. The number of hydrogen-bond donors (Lipinski definition) is 3. The van der Waals surface area contributed by atoms with E-state index in [1.165, 1.54) is 0 Å². The van der Waals surface area contributed by atoms with Crippen molar-refractivity contribution >= 4 is 0 Å². The van der Waals surface area contributed by atoms with Crippen molar-refractivity contribution < 1.29 is 0 Å². The second-order valence-corrected chi connectivity index (χ2v) is 4.16. The third-order valence-electron chi connectivity index (χ3n) is 2.64. The maximum absolute atomic E-state index is 5.87. The van der Waals surface area contributed by atoms with Crippen molar-refractivity contribution in [2.24, 2.45) is 5.73 Å². The van der Waals surface area contributed by atoms with Crippen LogP contribution in [0.3, 0.4) is 0 Å². The standard InChI is InChI=1S/C10H21N3/c1-8(2)13-10(9(3)11)4-6-12-7-5-10/h8,12-13H,3-7,11H2,1-2H3. The van der Waals surface area contributed by atoms with Gasteiger partial charge in [0.25, 0.3) is 0 Å². The van der Waals surface area contributed by atoms with Crippen LogP contribution in [0.1, 0.15) is 26.7 Å². The first-order chi connectivity index (χ1) is 6.07. The lowest BCUT2D eigenvalue weighted by Gasteiger charge is -2.40. The van der Waals surface area contributed by atoms with E-state index in [2.05, 4.69) is 31.1 Å². The second kappa shape index (κ2) is 4.11. The monoisotopic (exact) mass is 183 g/mol. The van der Waals surface area contributed by atoms with Crippen LogP contribution in [0.15, 0.2) is 12.3 Å². The number of piperidine rings is 1. The lowest BCUT2D eigenvalue weighted by molar-refractivity contribution is 0.266. The highest BCUT2D eigenvalue weighted by atomic mass is 15.1. The molecule has 0 aromatic rings. The summed E-state index contributed by atoms with van der Waals surface area (Å²) in [5.41, 5.74) is 6.62. The van der Waals surface area contributed by atoms with Crippen LogP contribution in [0.5, 0.6) is 0 Å². The largest absolute Gasteiger partial charge is 0.401 e. The SMILES string of the molecule is C=C(N)C1(NC(C)C)CCNCC1. The van der Waals surface area contributed by atoms with Gasteiger partial charge in [-0.15, -0.1) is 0 Å². The normalized spacial score (nSPS) is 21.8. The molecule has 0 aromatic carbocycles. The molecular formula is C10H21N3. The Kier molecular flexibility index (Phi) is 3.33. The summed E-state index contributed by atoms with van der Waals surface area (Å²) in [5.74, 6) is 0.